The highest BCUT2D eigenvalue weighted by molar-refractivity contribution is 5.87. The molecule has 0 aliphatic heterocycles. The Balaban J connectivity index is 2.21. The molecule has 3 nitrogen and oxygen atoms in total. The molecule has 3 heteroatoms. The van der Waals surface area contributed by atoms with Gasteiger partial charge < -0.3 is 14.5 Å². The van der Waals surface area contributed by atoms with Crippen LogP contribution in [0.4, 0.5) is 0 Å². The van der Waals surface area contributed by atoms with Gasteiger partial charge in [-0.1, -0.05) is 0 Å². The molecule has 1 aliphatic carbocycles. The molecular formula is C14H15NO2. The number of aromatic nitrogens is 1. The van der Waals surface area contributed by atoms with Crippen LogP contribution in [0, 0.1) is 0 Å². The Bertz CT molecular complexity index is 571. The molecule has 1 unspecified atom stereocenters. The maximum Gasteiger partial charge on any atom is 0.128 e. The molecule has 0 spiro atoms. The van der Waals surface area contributed by atoms with Gasteiger partial charge in [0.25, 0.3) is 0 Å². The Morgan fingerprint density at radius 2 is 2.35 bits per heavy atom. The number of hydrogen-bond donors (Lipinski definition) is 1. The number of methoxy groups -OCH3 is 1. The summed E-state index contributed by atoms with van der Waals surface area (Å²) in [7, 11) is 1.66. The molecule has 0 saturated heterocycles. The monoisotopic (exact) mass is 229 g/mol. The number of H-pyrrole nitrogens is 1. The highest BCUT2D eigenvalue weighted by Gasteiger charge is 2.23. The second-order valence-corrected chi connectivity index (χ2v) is 4.56. The van der Waals surface area contributed by atoms with E-state index in [2.05, 4.69) is 11.1 Å². The quantitative estimate of drug-likeness (QED) is 0.804. The molecule has 0 radical (unpaired) electrons. The smallest absolute Gasteiger partial charge is 0.128 e. The zero-order valence-corrected chi connectivity index (χ0v) is 9.82. The van der Waals surface area contributed by atoms with Gasteiger partial charge in [-0.05, 0) is 37.0 Å². The number of ether oxygens (including phenoxy) is 1. The predicted molar refractivity (Wildman–Crippen MR) is 66.6 cm³/mol. The Morgan fingerprint density at radius 1 is 1.47 bits per heavy atom. The number of aldehydes is 1. The molecule has 1 atom stereocenters. The first-order chi connectivity index (χ1) is 8.33. The minimum Gasteiger partial charge on any atom is -0.497 e. The number of fused-ring (bicyclic) bond motifs is 3. The maximum absolute atomic E-state index is 11.1. The highest BCUT2D eigenvalue weighted by Crippen LogP contribution is 2.36. The van der Waals surface area contributed by atoms with Gasteiger partial charge in [0.1, 0.15) is 12.0 Å². The number of aromatic amines is 1. The third-order valence-corrected chi connectivity index (χ3v) is 3.62. The van der Waals surface area contributed by atoms with Crippen molar-refractivity contribution >= 4 is 17.2 Å². The van der Waals surface area contributed by atoms with Crippen molar-refractivity contribution < 1.29 is 9.53 Å². The van der Waals surface area contributed by atoms with Gasteiger partial charge in [0, 0.05) is 22.7 Å². The summed E-state index contributed by atoms with van der Waals surface area (Å²) in [5, 5.41) is 1.23. The fourth-order valence-corrected chi connectivity index (χ4v) is 2.75. The van der Waals surface area contributed by atoms with Crippen LogP contribution in [0.15, 0.2) is 18.2 Å². The number of rotatable bonds is 2. The molecule has 0 saturated carbocycles. The fourth-order valence-electron chi connectivity index (χ4n) is 2.75. The number of benzene rings is 1. The van der Waals surface area contributed by atoms with E-state index in [-0.39, 0.29) is 5.92 Å². The average Bonchev–Trinajstić information content (AvgIpc) is 2.75. The van der Waals surface area contributed by atoms with E-state index in [4.69, 9.17) is 4.74 Å². The van der Waals surface area contributed by atoms with Crippen LogP contribution in [0.2, 0.25) is 0 Å². The fraction of sp³-hybridized carbons (Fsp3) is 0.357. The zero-order valence-electron chi connectivity index (χ0n) is 9.82. The van der Waals surface area contributed by atoms with E-state index in [0.717, 1.165) is 42.5 Å². The lowest BCUT2D eigenvalue weighted by Crippen LogP contribution is -2.09. The Morgan fingerprint density at radius 3 is 3.12 bits per heavy atom. The van der Waals surface area contributed by atoms with Gasteiger partial charge in [-0.25, -0.2) is 0 Å². The van der Waals surface area contributed by atoms with E-state index in [9.17, 15) is 4.79 Å². The number of hydrogen-bond acceptors (Lipinski definition) is 2. The van der Waals surface area contributed by atoms with Crippen LogP contribution >= 0.6 is 0 Å². The van der Waals surface area contributed by atoms with Crippen molar-refractivity contribution in [2.45, 2.75) is 25.2 Å². The lowest BCUT2D eigenvalue weighted by molar-refractivity contribution is -0.109. The van der Waals surface area contributed by atoms with Crippen molar-refractivity contribution in [3.8, 4) is 5.75 Å². The highest BCUT2D eigenvalue weighted by atomic mass is 16.5. The standard InChI is InChI=1S/C14H15NO2/c1-17-10-5-6-11-12-4-2-3-9(8-16)14(12)15-13(11)7-10/h5-9,15H,2-4H2,1H3. The van der Waals surface area contributed by atoms with Crippen molar-refractivity contribution in [1.82, 2.24) is 4.98 Å². The van der Waals surface area contributed by atoms with E-state index in [1.165, 1.54) is 10.9 Å². The second-order valence-electron chi connectivity index (χ2n) is 4.56. The SMILES string of the molecule is COc1ccc2c3c([nH]c2c1)C(C=O)CCC3. The summed E-state index contributed by atoms with van der Waals surface area (Å²) < 4.78 is 5.22. The van der Waals surface area contributed by atoms with Crippen molar-refractivity contribution in [3.63, 3.8) is 0 Å². The maximum atomic E-state index is 11.1. The van der Waals surface area contributed by atoms with Crippen LogP contribution < -0.4 is 4.74 Å². The van der Waals surface area contributed by atoms with Crippen LogP contribution in [-0.4, -0.2) is 18.4 Å². The minimum atomic E-state index is 0.0390. The van der Waals surface area contributed by atoms with E-state index in [0.29, 0.717) is 0 Å². The Hall–Kier alpha value is -1.77. The predicted octanol–water partition coefficient (Wildman–Crippen LogP) is 2.80. The Kier molecular flexibility index (Phi) is 2.39. The number of aryl methyl sites for hydroxylation is 1. The van der Waals surface area contributed by atoms with Gasteiger partial charge in [-0.15, -0.1) is 0 Å². The topological polar surface area (TPSA) is 42.1 Å². The molecule has 1 heterocycles. The van der Waals surface area contributed by atoms with Gasteiger partial charge in [-0.2, -0.15) is 0 Å². The van der Waals surface area contributed by atoms with Crippen molar-refractivity contribution in [2.75, 3.05) is 7.11 Å². The van der Waals surface area contributed by atoms with E-state index < -0.39 is 0 Å². The van der Waals surface area contributed by atoms with Crippen LogP contribution in [0.1, 0.15) is 30.0 Å². The second kappa shape index (κ2) is 3.91. The molecule has 0 fully saturated rings. The normalized spacial score (nSPS) is 19.0. The average molecular weight is 229 g/mol. The molecule has 0 bridgehead atoms. The number of carbonyl (C=O) groups is 1. The molecule has 88 valence electrons. The Labute approximate surface area is 99.8 Å². The van der Waals surface area contributed by atoms with Crippen molar-refractivity contribution in [3.05, 3.63) is 29.5 Å². The number of nitrogens with one attached hydrogen (secondary N) is 1. The van der Waals surface area contributed by atoms with Gasteiger partial charge >= 0.3 is 0 Å². The van der Waals surface area contributed by atoms with Crippen molar-refractivity contribution in [1.29, 1.82) is 0 Å². The first-order valence-electron chi connectivity index (χ1n) is 5.97. The third-order valence-electron chi connectivity index (χ3n) is 3.62. The summed E-state index contributed by atoms with van der Waals surface area (Å²) in [5.74, 6) is 0.885. The summed E-state index contributed by atoms with van der Waals surface area (Å²) in [4.78, 5) is 14.5. The van der Waals surface area contributed by atoms with E-state index >= 15 is 0 Å². The molecule has 1 N–H and O–H groups in total. The van der Waals surface area contributed by atoms with E-state index in [1.54, 1.807) is 7.11 Å². The van der Waals surface area contributed by atoms with E-state index in [1.807, 2.05) is 12.1 Å². The molecule has 1 aromatic carbocycles. The van der Waals surface area contributed by atoms with Gasteiger partial charge in [0.15, 0.2) is 0 Å². The summed E-state index contributed by atoms with van der Waals surface area (Å²) in [5.41, 5.74) is 3.49. The van der Waals surface area contributed by atoms with Crippen LogP contribution in [0.25, 0.3) is 10.9 Å². The first-order valence-corrected chi connectivity index (χ1v) is 5.97. The van der Waals surface area contributed by atoms with Gasteiger partial charge in [-0.3, -0.25) is 0 Å². The summed E-state index contributed by atoms with van der Waals surface area (Å²) >= 11 is 0. The molecule has 2 aromatic rings. The van der Waals surface area contributed by atoms with Gasteiger partial charge in [0.05, 0.1) is 13.0 Å². The molecule has 0 amide bonds. The zero-order chi connectivity index (χ0) is 11.8. The molecule has 3 rings (SSSR count). The lowest BCUT2D eigenvalue weighted by Gasteiger charge is -2.17. The van der Waals surface area contributed by atoms with Crippen LogP contribution in [-0.2, 0) is 11.2 Å². The molecule has 17 heavy (non-hydrogen) atoms. The number of carbonyl (C=O) groups excluding carboxylic acids is 1. The molecule has 1 aliphatic rings. The summed E-state index contributed by atoms with van der Waals surface area (Å²) in [6.45, 7) is 0. The van der Waals surface area contributed by atoms with Crippen LogP contribution in [0.3, 0.4) is 0 Å². The summed E-state index contributed by atoms with van der Waals surface area (Å²) in [6.07, 6.45) is 4.17. The lowest BCUT2D eigenvalue weighted by atomic mass is 9.88. The molecular weight excluding hydrogens is 214 g/mol. The van der Waals surface area contributed by atoms with Crippen LogP contribution in [0.5, 0.6) is 5.75 Å². The largest absolute Gasteiger partial charge is 0.497 e. The third kappa shape index (κ3) is 1.54. The van der Waals surface area contributed by atoms with Crippen molar-refractivity contribution in [2.24, 2.45) is 0 Å². The minimum absolute atomic E-state index is 0.0390. The molecule has 1 aromatic heterocycles. The first kappa shape index (κ1) is 10.4. The van der Waals surface area contributed by atoms with Gasteiger partial charge in [0.2, 0.25) is 0 Å². The summed E-state index contributed by atoms with van der Waals surface area (Å²) in [6, 6.07) is 6.05.